The van der Waals surface area contributed by atoms with Crippen molar-refractivity contribution in [2.24, 2.45) is 10.4 Å². The molecule has 2 aliphatic rings. The Morgan fingerprint density at radius 2 is 1.36 bits per heavy atom. The van der Waals surface area contributed by atoms with E-state index in [0.29, 0.717) is 52.7 Å². The van der Waals surface area contributed by atoms with Crippen LogP contribution in [0.4, 0.5) is 0 Å². The molecule has 64 heavy (non-hydrogen) atoms. The number of benzene rings is 5. The van der Waals surface area contributed by atoms with Crippen LogP contribution >= 0.6 is 0 Å². The van der Waals surface area contributed by atoms with Gasteiger partial charge in [-0.05, 0) is 120 Å². The standard InChI is InChI=1S/C55H59NO8/c1-5-15-40-20-23-42(24-21-40)53(57)63-31-28-41-22-26-50(44(33-41)35-56-39(3)32-49-47-18-11-9-16-45(47)46-17-10-12-19-48(46)49)64-54(58)43-25-27-51(52(34-43)59-4)62-30-14-8-7-13-29-60-36-55(6-2)37-61-38-55/h9-12,16-27,32-35H,3,5-8,13-15,28-31,36-38H2,1-2,4H3. The van der Waals surface area contributed by atoms with Gasteiger partial charge in [0.05, 0.1) is 57.0 Å². The van der Waals surface area contributed by atoms with Crippen molar-refractivity contribution in [2.45, 2.75) is 65.2 Å². The largest absolute Gasteiger partial charge is 0.493 e. The number of aryl methyl sites for hydroxylation is 1. The van der Waals surface area contributed by atoms with E-state index >= 15 is 0 Å². The monoisotopic (exact) mass is 861 g/mol. The molecular weight excluding hydrogens is 803 g/mol. The summed E-state index contributed by atoms with van der Waals surface area (Å²) in [6, 6.07) is 34.7. The molecular formula is C55H59NO8. The van der Waals surface area contributed by atoms with Crippen LogP contribution in [0.3, 0.4) is 0 Å². The van der Waals surface area contributed by atoms with Gasteiger partial charge in [0.1, 0.15) is 5.75 Å². The van der Waals surface area contributed by atoms with E-state index in [1.165, 1.54) is 16.7 Å². The molecule has 1 fully saturated rings. The van der Waals surface area contributed by atoms with E-state index in [1.807, 2.05) is 54.6 Å². The molecule has 0 amide bonds. The lowest BCUT2D eigenvalue weighted by molar-refractivity contribution is -0.150. The van der Waals surface area contributed by atoms with E-state index in [9.17, 15) is 9.59 Å². The van der Waals surface area contributed by atoms with Gasteiger partial charge in [0.25, 0.3) is 0 Å². The summed E-state index contributed by atoms with van der Waals surface area (Å²) in [5, 5.41) is 0. The second kappa shape index (κ2) is 22.4. The van der Waals surface area contributed by atoms with Gasteiger partial charge in [-0.15, -0.1) is 0 Å². The summed E-state index contributed by atoms with van der Waals surface area (Å²) in [6.07, 6.45) is 11.1. The van der Waals surface area contributed by atoms with Crippen molar-refractivity contribution >= 4 is 23.7 Å². The molecule has 5 aromatic carbocycles. The molecule has 0 unspecified atom stereocenters. The predicted molar refractivity (Wildman–Crippen MR) is 253 cm³/mol. The number of aliphatic imine (C=N–C) groups is 1. The number of hydrogen-bond donors (Lipinski definition) is 0. The van der Waals surface area contributed by atoms with Gasteiger partial charge in [0.15, 0.2) is 11.5 Å². The molecule has 0 aromatic heterocycles. The van der Waals surface area contributed by atoms with Crippen molar-refractivity contribution in [1.82, 2.24) is 0 Å². The number of esters is 2. The maximum atomic E-state index is 13.7. The summed E-state index contributed by atoms with van der Waals surface area (Å²) in [6.45, 7) is 12.4. The summed E-state index contributed by atoms with van der Waals surface area (Å²) in [5.74, 6) is 0.365. The zero-order valence-electron chi connectivity index (χ0n) is 37.4. The molecule has 0 spiro atoms. The van der Waals surface area contributed by atoms with Crippen LogP contribution in [-0.2, 0) is 27.1 Å². The van der Waals surface area contributed by atoms with E-state index in [0.717, 1.165) is 93.6 Å². The number of carbonyl (C=O) groups is 2. The number of fused-ring (bicyclic) bond motifs is 3. The van der Waals surface area contributed by atoms with Crippen LogP contribution < -0.4 is 14.2 Å². The average molecular weight is 862 g/mol. The van der Waals surface area contributed by atoms with E-state index in [1.54, 1.807) is 49.7 Å². The highest BCUT2D eigenvalue weighted by atomic mass is 16.5. The van der Waals surface area contributed by atoms with Crippen LogP contribution in [-0.4, -0.2) is 64.9 Å². The first-order valence-electron chi connectivity index (χ1n) is 22.5. The Labute approximate surface area is 377 Å². The normalized spacial score (nSPS) is 13.5. The van der Waals surface area contributed by atoms with Gasteiger partial charge in [0.2, 0.25) is 0 Å². The Hall–Kier alpha value is -6.29. The fraction of sp³-hybridized carbons (Fsp3) is 0.327. The minimum Gasteiger partial charge on any atom is -0.493 e. The molecule has 0 bridgehead atoms. The smallest absolute Gasteiger partial charge is 0.343 e. The number of allylic oxidation sites excluding steroid dienone is 1. The number of rotatable bonds is 23. The van der Waals surface area contributed by atoms with Crippen LogP contribution in [0.5, 0.6) is 17.2 Å². The molecule has 332 valence electrons. The maximum Gasteiger partial charge on any atom is 0.343 e. The third kappa shape index (κ3) is 11.6. The van der Waals surface area contributed by atoms with Gasteiger partial charge in [0, 0.05) is 30.2 Å². The summed E-state index contributed by atoms with van der Waals surface area (Å²) >= 11 is 0. The number of hydrogen-bond acceptors (Lipinski definition) is 9. The summed E-state index contributed by atoms with van der Waals surface area (Å²) in [4.78, 5) is 31.3. The number of nitrogens with zero attached hydrogens (tertiary/aromatic N) is 1. The fourth-order valence-corrected chi connectivity index (χ4v) is 7.93. The van der Waals surface area contributed by atoms with E-state index in [-0.39, 0.29) is 18.0 Å². The highest BCUT2D eigenvalue weighted by Crippen LogP contribution is 2.44. The molecule has 0 atom stereocenters. The van der Waals surface area contributed by atoms with Gasteiger partial charge in [-0.3, -0.25) is 4.99 Å². The van der Waals surface area contributed by atoms with Crippen molar-refractivity contribution in [3.63, 3.8) is 0 Å². The maximum absolute atomic E-state index is 13.7. The quantitative estimate of drug-likeness (QED) is 0.0272. The molecule has 1 heterocycles. The molecule has 9 nitrogen and oxygen atoms in total. The SMILES string of the molecule is C=C(C=C1c2ccccc2-c2ccccc21)N=Cc1cc(CCOC(=O)c2ccc(CCC)cc2)ccc1OC(=O)c1ccc(OCCCCCCOCC2(CC)COC2)c(OC)c1. The minimum absolute atomic E-state index is 0.169. The van der Waals surface area contributed by atoms with Crippen molar-refractivity contribution in [3.8, 4) is 28.4 Å². The van der Waals surface area contributed by atoms with Crippen LogP contribution in [0, 0.1) is 5.41 Å². The van der Waals surface area contributed by atoms with Gasteiger partial charge >= 0.3 is 11.9 Å². The minimum atomic E-state index is -0.567. The first-order chi connectivity index (χ1) is 31.3. The fourth-order valence-electron chi connectivity index (χ4n) is 7.93. The number of unbranched alkanes of at least 4 members (excludes halogenated alkanes) is 3. The highest BCUT2D eigenvalue weighted by molar-refractivity contribution is 6.02. The molecule has 5 aromatic rings. The average Bonchev–Trinajstić information content (AvgIpc) is 3.62. The summed E-state index contributed by atoms with van der Waals surface area (Å²) in [5.41, 5.74) is 9.79. The van der Waals surface area contributed by atoms with Crippen molar-refractivity contribution in [3.05, 3.63) is 166 Å². The van der Waals surface area contributed by atoms with Crippen LogP contribution in [0.1, 0.15) is 101 Å². The highest BCUT2D eigenvalue weighted by Gasteiger charge is 2.36. The number of carbonyl (C=O) groups excluding carboxylic acids is 2. The Balaban J connectivity index is 0.997. The van der Waals surface area contributed by atoms with E-state index in [2.05, 4.69) is 44.7 Å². The molecule has 0 radical (unpaired) electrons. The molecule has 0 saturated carbocycles. The van der Waals surface area contributed by atoms with E-state index < -0.39 is 5.97 Å². The summed E-state index contributed by atoms with van der Waals surface area (Å²) in [7, 11) is 1.55. The van der Waals surface area contributed by atoms with Crippen LogP contribution in [0.2, 0.25) is 0 Å². The predicted octanol–water partition coefficient (Wildman–Crippen LogP) is 11.7. The first kappa shape index (κ1) is 45.7. The molecule has 7 rings (SSSR count). The third-order valence-corrected chi connectivity index (χ3v) is 11.8. The van der Waals surface area contributed by atoms with Crippen LogP contribution in [0.25, 0.3) is 16.7 Å². The number of ether oxygens (including phenoxy) is 6. The Morgan fingerprint density at radius 3 is 2.02 bits per heavy atom. The molecule has 1 aliphatic carbocycles. The lowest BCUT2D eigenvalue weighted by Gasteiger charge is -2.40. The van der Waals surface area contributed by atoms with Gasteiger partial charge in [-0.2, -0.15) is 0 Å². The Kier molecular flexibility index (Phi) is 16.0. The Morgan fingerprint density at radius 1 is 0.703 bits per heavy atom. The summed E-state index contributed by atoms with van der Waals surface area (Å²) < 4.78 is 34.7. The zero-order valence-corrected chi connectivity index (χ0v) is 37.4. The van der Waals surface area contributed by atoms with Crippen molar-refractivity contribution in [1.29, 1.82) is 0 Å². The molecule has 9 heteroatoms. The third-order valence-electron chi connectivity index (χ3n) is 11.8. The lowest BCUT2D eigenvalue weighted by Crippen LogP contribution is -2.45. The topological polar surface area (TPSA) is 102 Å². The zero-order chi connectivity index (χ0) is 44.7. The van der Waals surface area contributed by atoms with Gasteiger partial charge < -0.3 is 28.4 Å². The second-order valence-electron chi connectivity index (χ2n) is 16.5. The Bertz CT molecular complexity index is 2410. The lowest BCUT2D eigenvalue weighted by atomic mass is 9.84. The van der Waals surface area contributed by atoms with E-state index in [4.69, 9.17) is 33.4 Å². The van der Waals surface area contributed by atoms with Crippen molar-refractivity contribution < 1.29 is 38.0 Å². The second-order valence-corrected chi connectivity index (χ2v) is 16.5. The van der Waals surface area contributed by atoms with Crippen LogP contribution in [0.15, 0.2) is 133 Å². The van der Waals surface area contributed by atoms with Gasteiger partial charge in [-0.25, -0.2) is 9.59 Å². The first-order valence-corrected chi connectivity index (χ1v) is 22.5. The molecule has 0 N–H and O–H groups in total. The van der Waals surface area contributed by atoms with Crippen molar-refractivity contribution in [2.75, 3.05) is 46.8 Å². The van der Waals surface area contributed by atoms with Gasteiger partial charge in [-0.1, -0.05) is 100.0 Å². The molecule has 1 saturated heterocycles. The number of methoxy groups -OCH3 is 1. The molecule has 1 aliphatic heterocycles.